The zero-order valence-electron chi connectivity index (χ0n) is 10.1. The van der Waals surface area contributed by atoms with E-state index in [0.717, 1.165) is 16.6 Å². The molecule has 0 spiro atoms. The standard InChI is InChI=1S/C14H12N2OS2/c17-13-12-11(7-9-19-12)15-14(18)16(13)8-6-10-4-2-1-3-5-10/h1-5,7,9H,6,8H2,(H,15,18). The molecule has 3 rings (SSSR count). The molecule has 0 aliphatic rings. The van der Waals surface area contributed by atoms with E-state index in [1.54, 1.807) is 4.57 Å². The number of aryl methyl sites for hydroxylation is 1. The van der Waals surface area contributed by atoms with Crippen molar-refractivity contribution in [2.45, 2.75) is 13.0 Å². The monoisotopic (exact) mass is 288 g/mol. The minimum absolute atomic E-state index is 0.00433. The SMILES string of the molecule is O=c1c2sccc2[nH]c(=S)n1CCc1ccccc1. The molecule has 2 aromatic heterocycles. The highest BCUT2D eigenvalue weighted by Gasteiger charge is 2.06. The van der Waals surface area contributed by atoms with Crippen LogP contribution in [-0.2, 0) is 13.0 Å². The van der Waals surface area contributed by atoms with Crippen molar-refractivity contribution in [1.29, 1.82) is 0 Å². The van der Waals surface area contributed by atoms with Crippen molar-refractivity contribution in [2.75, 3.05) is 0 Å². The molecule has 3 nitrogen and oxygen atoms in total. The summed E-state index contributed by atoms with van der Waals surface area (Å²) < 4.78 is 2.87. The molecular weight excluding hydrogens is 276 g/mol. The number of nitrogens with zero attached hydrogens (tertiary/aromatic N) is 1. The number of hydrogen-bond donors (Lipinski definition) is 1. The van der Waals surface area contributed by atoms with Crippen molar-refractivity contribution >= 4 is 33.8 Å². The molecule has 5 heteroatoms. The van der Waals surface area contributed by atoms with Crippen LogP contribution in [-0.4, -0.2) is 9.55 Å². The van der Waals surface area contributed by atoms with Gasteiger partial charge in [0.1, 0.15) is 4.70 Å². The van der Waals surface area contributed by atoms with Gasteiger partial charge in [0.05, 0.1) is 5.52 Å². The maximum Gasteiger partial charge on any atom is 0.272 e. The highest BCUT2D eigenvalue weighted by Crippen LogP contribution is 2.14. The Morgan fingerprint density at radius 1 is 1.21 bits per heavy atom. The average molecular weight is 288 g/mol. The minimum atomic E-state index is 0.00433. The third-order valence-electron chi connectivity index (χ3n) is 3.06. The van der Waals surface area contributed by atoms with E-state index in [2.05, 4.69) is 17.1 Å². The zero-order chi connectivity index (χ0) is 13.2. The van der Waals surface area contributed by atoms with Gasteiger partial charge in [0.25, 0.3) is 5.56 Å². The lowest BCUT2D eigenvalue weighted by Crippen LogP contribution is -2.22. The molecule has 0 amide bonds. The Bertz CT molecular complexity index is 815. The van der Waals surface area contributed by atoms with Crippen molar-refractivity contribution in [1.82, 2.24) is 9.55 Å². The Morgan fingerprint density at radius 3 is 2.79 bits per heavy atom. The number of aromatic amines is 1. The normalized spacial score (nSPS) is 10.9. The van der Waals surface area contributed by atoms with Gasteiger partial charge in [0.15, 0.2) is 4.77 Å². The first-order valence-electron chi connectivity index (χ1n) is 6.00. The van der Waals surface area contributed by atoms with Gasteiger partial charge in [-0.2, -0.15) is 0 Å². The fraction of sp³-hybridized carbons (Fsp3) is 0.143. The van der Waals surface area contributed by atoms with Crippen LogP contribution in [0.5, 0.6) is 0 Å². The smallest absolute Gasteiger partial charge is 0.272 e. The molecule has 3 aromatic rings. The number of benzene rings is 1. The molecule has 2 heterocycles. The molecule has 0 radical (unpaired) electrons. The van der Waals surface area contributed by atoms with Crippen LogP contribution in [0.1, 0.15) is 5.56 Å². The van der Waals surface area contributed by atoms with Crippen molar-refractivity contribution < 1.29 is 0 Å². The van der Waals surface area contributed by atoms with E-state index in [0.29, 0.717) is 11.3 Å². The largest absolute Gasteiger partial charge is 0.331 e. The second-order valence-electron chi connectivity index (χ2n) is 4.29. The molecular formula is C14H12N2OS2. The summed E-state index contributed by atoms with van der Waals surface area (Å²) in [6.07, 6.45) is 0.801. The number of H-pyrrole nitrogens is 1. The van der Waals surface area contributed by atoms with Gasteiger partial charge in [0.2, 0.25) is 0 Å². The lowest BCUT2D eigenvalue weighted by atomic mass is 10.1. The van der Waals surface area contributed by atoms with E-state index >= 15 is 0 Å². The van der Waals surface area contributed by atoms with E-state index in [1.165, 1.54) is 16.9 Å². The van der Waals surface area contributed by atoms with E-state index in [1.807, 2.05) is 29.6 Å². The van der Waals surface area contributed by atoms with Gasteiger partial charge in [0, 0.05) is 6.54 Å². The summed E-state index contributed by atoms with van der Waals surface area (Å²) in [5, 5.41) is 1.90. The highest BCUT2D eigenvalue weighted by molar-refractivity contribution is 7.71. The van der Waals surface area contributed by atoms with Crippen LogP contribution in [0.15, 0.2) is 46.6 Å². The number of rotatable bonds is 3. The highest BCUT2D eigenvalue weighted by atomic mass is 32.1. The Kier molecular flexibility index (Phi) is 3.31. The minimum Gasteiger partial charge on any atom is -0.331 e. The fourth-order valence-corrected chi connectivity index (χ4v) is 3.14. The topological polar surface area (TPSA) is 37.8 Å². The number of fused-ring (bicyclic) bond motifs is 1. The fourth-order valence-electron chi connectivity index (χ4n) is 2.06. The van der Waals surface area contributed by atoms with Crippen LogP contribution < -0.4 is 5.56 Å². The predicted octanol–water partition coefficient (Wildman–Crippen LogP) is 3.36. The molecule has 0 unspecified atom stereocenters. The Balaban J connectivity index is 1.97. The predicted molar refractivity (Wildman–Crippen MR) is 81.4 cm³/mol. The van der Waals surface area contributed by atoms with Crippen LogP contribution in [0.25, 0.3) is 10.2 Å². The van der Waals surface area contributed by atoms with Gasteiger partial charge in [-0.05, 0) is 35.6 Å². The Hall–Kier alpha value is -1.72. The first-order valence-corrected chi connectivity index (χ1v) is 7.29. The summed E-state index contributed by atoms with van der Waals surface area (Å²) in [5.41, 5.74) is 2.04. The van der Waals surface area contributed by atoms with Crippen molar-refractivity contribution in [2.24, 2.45) is 0 Å². The van der Waals surface area contributed by atoms with Crippen LogP contribution >= 0.6 is 23.6 Å². The van der Waals surface area contributed by atoms with Crippen molar-refractivity contribution in [3.05, 3.63) is 62.5 Å². The summed E-state index contributed by atoms with van der Waals surface area (Å²) in [6.45, 7) is 0.603. The van der Waals surface area contributed by atoms with Gasteiger partial charge in [-0.1, -0.05) is 30.3 Å². The van der Waals surface area contributed by atoms with E-state index < -0.39 is 0 Å². The molecule has 0 bridgehead atoms. The second kappa shape index (κ2) is 5.11. The van der Waals surface area contributed by atoms with Gasteiger partial charge in [-0.25, -0.2) is 0 Å². The lowest BCUT2D eigenvalue weighted by Gasteiger charge is -2.06. The second-order valence-corrected chi connectivity index (χ2v) is 5.59. The van der Waals surface area contributed by atoms with Crippen molar-refractivity contribution in [3.8, 4) is 0 Å². The zero-order valence-corrected chi connectivity index (χ0v) is 11.8. The summed E-state index contributed by atoms with van der Waals surface area (Å²) in [6, 6.07) is 12.0. The van der Waals surface area contributed by atoms with Gasteiger partial charge in [-0.3, -0.25) is 9.36 Å². The summed E-state index contributed by atoms with van der Waals surface area (Å²) in [5.74, 6) is 0. The van der Waals surface area contributed by atoms with E-state index in [9.17, 15) is 4.79 Å². The molecule has 0 aliphatic carbocycles. The molecule has 0 fully saturated rings. The molecule has 1 N–H and O–H groups in total. The number of nitrogens with one attached hydrogen (secondary N) is 1. The van der Waals surface area contributed by atoms with Crippen molar-refractivity contribution in [3.63, 3.8) is 0 Å². The summed E-state index contributed by atoms with van der Waals surface area (Å²) in [7, 11) is 0. The van der Waals surface area contributed by atoms with Crippen LogP contribution in [0, 0.1) is 4.77 Å². The molecule has 19 heavy (non-hydrogen) atoms. The molecule has 0 saturated carbocycles. The maximum atomic E-state index is 12.3. The molecule has 1 aromatic carbocycles. The van der Waals surface area contributed by atoms with E-state index in [-0.39, 0.29) is 5.56 Å². The first-order chi connectivity index (χ1) is 9.25. The number of aromatic nitrogens is 2. The van der Waals surface area contributed by atoms with Crippen LogP contribution in [0.4, 0.5) is 0 Å². The third kappa shape index (κ3) is 2.39. The lowest BCUT2D eigenvalue weighted by molar-refractivity contribution is 0.653. The number of thiophene rings is 1. The van der Waals surface area contributed by atoms with Crippen LogP contribution in [0.3, 0.4) is 0 Å². The Morgan fingerprint density at radius 2 is 2.00 bits per heavy atom. The van der Waals surface area contributed by atoms with Gasteiger partial charge in [-0.15, -0.1) is 11.3 Å². The molecule has 0 aliphatic heterocycles. The summed E-state index contributed by atoms with van der Waals surface area (Å²) >= 11 is 6.71. The van der Waals surface area contributed by atoms with E-state index in [4.69, 9.17) is 12.2 Å². The molecule has 0 atom stereocenters. The van der Waals surface area contributed by atoms with Gasteiger partial charge < -0.3 is 4.98 Å². The molecule has 96 valence electrons. The third-order valence-corrected chi connectivity index (χ3v) is 4.28. The Labute approximate surface area is 119 Å². The quantitative estimate of drug-likeness (QED) is 0.750. The number of hydrogen-bond acceptors (Lipinski definition) is 3. The van der Waals surface area contributed by atoms with Gasteiger partial charge >= 0.3 is 0 Å². The summed E-state index contributed by atoms with van der Waals surface area (Å²) in [4.78, 5) is 15.4. The first kappa shape index (κ1) is 12.3. The van der Waals surface area contributed by atoms with Crippen LogP contribution in [0.2, 0.25) is 0 Å². The maximum absolute atomic E-state index is 12.3. The molecule has 0 saturated heterocycles. The average Bonchev–Trinajstić information content (AvgIpc) is 2.88.